The molecule has 230 valence electrons. The summed E-state index contributed by atoms with van der Waals surface area (Å²) >= 11 is 0. The fourth-order valence-corrected chi connectivity index (χ4v) is 5.13. The fourth-order valence-electron chi connectivity index (χ4n) is 5.13. The first kappa shape index (κ1) is 37.3. The largest absolute Gasteiger partial charge is 0.479 e. The average molecular weight is 574 g/mol. The first-order valence-corrected chi connectivity index (χ1v) is 13.3. The maximum atomic E-state index is 15.3. The van der Waals surface area contributed by atoms with Gasteiger partial charge >= 0.3 is 5.97 Å². The summed E-state index contributed by atoms with van der Waals surface area (Å²) < 4.78 is 0. The molecule has 0 rings (SSSR count). The van der Waals surface area contributed by atoms with Crippen LogP contribution in [0.2, 0.25) is 0 Å². The highest BCUT2D eigenvalue weighted by atomic mass is 16.4. The minimum Gasteiger partial charge on any atom is -0.479 e. The number of carboxylic acids is 1. The molecule has 5 N–H and O–H groups in total. The summed E-state index contributed by atoms with van der Waals surface area (Å²) in [6.07, 6.45) is -3.41. The molecule has 0 aliphatic heterocycles. The van der Waals surface area contributed by atoms with Crippen LogP contribution in [0.25, 0.3) is 0 Å². The lowest BCUT2D eigenvalue weighted by Crippen LogP contribution is -2.80. The Bertz CT molecular complexity index is 995. The Labute approximate surface area is 235 Å². The predicted octanol–water partition coefficient (Wildman–Crippen LogP) is -0.615. The number of carbonyl (C=O) groups excluding carboxylic acids is 5. The highest BCUT2D eigenvalue weighted by Crippen LogP contribution is 2.42. The number of Topliss-reactive ketones (excluding diaryl/α,β-unsaturated/α-hetero) is 3. The van der Waals surface area contributed by atoms with E-state index in [4.69, 9.17) is 0 Å². The number of amides is 2. The summed E-state index contributed by atoms with van der Waals surface area (Å²) in [6, 6.07) is -1.11. The Morgan fingerprint density at radius 2 is 1.10 bits per heavy atom. The third-order valence-corrected chi connectivity index (χ3v) is 8.18. The quantitative estimate of drug-likeness (QED) is 0.147. The summed E-state index contributed by atoms with van der Waals surface area (Å²) in [5.41, 5.74) is -8.66. The van der Waals surface area contributed by atoms with Crippen LogP contribution in [0, 0.1) is 11.8 Å². The zero-order chi connectivity index (χ0) is 32.1. The van der Waals surface area contributed by atoms with Gasteiger partial charge in [0.15, 0.2) is 22.6 Å². The summed E-state index contributed by atoms with van der Waals surface area (Å²) in [6.45, 7) is 10.3. The summed E-state index contributed by atoms with van der Waals surface area (Å²) in [7, 11) is 3.53. The Hall–Kier alpha value is -2.74. The molecule has 0 aromatic rings. The molecule has 40 heavy (non-hydrogen) atoms. The molecule has 0 saturated carbocycles. The molecule has 13 nitrogen and oxygen atoms in total. The second kappa shape index (κ2) is 13.7. The van der Waals surface area contributed by atoms with Crippen molar-refractivity contribution < 1.29 is 49.2 Å². The highest BCUT2D eigenvalue weighted by molar-refractivity contribution is 6.30. The first-order chi connectivity index (χ1) is 18.1. The van der Waals surface area contributed by atoms with Gasteiger partial charge in [0.1, 0.15) is 12.2 Å². The van der Waals surface area contributed by atoms with Crippen LogP contribution in [-0.2, 0) is 28.8 Å². The summed E-state index contributed by atoms with van der Waals surface area (Å²) in [5.74, 6) is -10.4. The predicted molar refractivity (Wildman–Crippen MR) is 145 cm³/mol. The minimum atomic E-state index is -3.24. The van der Waals surface area contributed by atoms with Crippen LogP contribution < -0.4 is 5.32 Å². The fraction of sp³-hybridized carbons (Fsp3) is 0.778. The average Bonchev–Trinajstić information content (AvgIpc) is 2.90. The van der Waals surface area contributed by atoms with E-state index in [0.717, 1.165) is 32.8 Å². The van der Waals surface area contributed by atoms with Crippen molar-refractivity contribution in [1.29, 1.82) is 0 Å². The van der Waals surface area contributed by atoms with Gasteiger partial charge in [0, 0.05) is 14.1 Å². The lowest BCUT2D eigenvalue weighted by atomic mass is 9.60. The molecular formula is C27H47N3O10. The van der Waals surface area contributed by atoms with Crippen molar-refractivity contribution in [3.8, 4) is 0 Å². The van der Waals surface area contributed by atoms with E-state index in [0.29, 0.717) is 11.8 Å². The molecule has 0 bridgehead atoms. The van der Waals surface area contributed by atoms with Gasteiger partial charge in [0.2, 0.25) is 11.4 Å². The molecule has 13 heteroatoms. The minimum absolute atomic E-state index is 0.0367. The molecule has 0 heterocycles. The van der Waals surface area contributed by atoms with E-state index in [1.165, 1.54) is 27.8 Å². The number of rotatable bonds is 16. The van der Waals surface area contributed by atoms with Crippen LogP contribution in [-0.4, -0.2) is 121 Å². The lowest BCUT2D eigenvalue weighted by Gasteiger charge is -2.53. The second-order valence-corrected chi connectivity index (χ2v) is 10.7. The summed E-state index contributed by atoms with van der Waals surface area (Å²) in [5, 5.41) is 43.8. The van der Waals surface area contributed by atoms with E-state index in [2.05, 4.69) is 5.32 Å². The molecule has 0 aliphatic carbocycles. The Morgan fingerprint density at radius 1 is 0.750 bits per heavy atom. The van der Waals surface area contributed by atoms with Gasteiger partial charge < -0.3 is 35.5 Å². The Kier molecular flexibility index (Phi) is 12.8. The van der Waals surface area contributed by atoms with Gasteiger partial charge in [-0.2, -0.15) is 0 Å². The third kappa shape index (κ3) is 5.97. The van der Waals surface area contributed by atoms with Gasteiger partial charge in [0.25, 0.3) is 11.8 Å². The van der Waals surface area contributed by atoms with Crippen LogP contribution in [0.1, 0.15) is 68.2 Å². The maximum Gasteiger partial charge on any atom is 0.343 e. The van der Waals surface area contributed by atoms with Crippen molar-refractivity contribution in [2.24, 2.45) is 11.8 Å². The van der Waals surface area contributed by atoms with Gasteiger partial charge in [-0.05, 0) is 46.6 Å². The maximum absolute atomic E-state index is 15.3. The Balaban J connectivity index is 8.54. The van der Waals surface area contributed by atoms with Crippen molar-refractivity contribution in [1.82, 2.24) is 15.1 Å². The number of nitrogens with one attached hydrogen (secondary N) is 1. The highest BCUT2D eigenvalue weighted by Gasteiger charge is 2.69. The zero-order valence-electron chi connectivity index (χ0n) is 25.4. The zero-order valence-corrected chi connectivity index (χ0v) is 25.4. The number of aliphatic hydroxyl groups excluding tert-OH is 2. The monoisotopic (exact) mass is 573 g/mol. The van der Waals surface area contributed by atoms with Crippen LogP contribution >= 0.6 is 0 Å². The standard InChI is InChI=1S/C27H47N3O10/c1-12-14(3)26(19(33)16(5)28-9,29(10)20(34)17(6)31)23(37)27(15(4)13-2,30(11)21(35)18(7)32)22(36)25(8,40)24(38)39/h14-18,28,31-32,40H,12-13H2,1-11H3,(H,38,39)/t14-,15-,16-,17+,18-,25-,26+,27-/m0/s1. The van der Waals surface area contributed by atoms with Gasteiger partial charge in [-0.3, -0.25) is 24.0 Å². The smallest absolute Gasteiger partial charge is 0.343 e. The van der Waals surface area contributed by atoms with E-state index in [1.54, 1.807) is 13.8 Å². The number of likely N-dealkylation sites (N-methyl/N-ethyl adjacent to an activating group) is 3. The molecule has 0 saturated heterocycles. The van der Waals surface area contributed by atoms with E-state index in [1.807, 2.05) is 0 Å². The van der Waals surface area contributed by atoms with Crippen molar-refractivity contribution >= 4 is 35.1 Å². The number of hydrogen-bond donors (Lipinski definition) is 5. The molecule has 8 atom stereocenters. The first-order valence-electron chi connectivity index (χ1n) is 13.3. The van der Waals surface area contributed by atoms with Gasteiger partial charge in [0.05, 0.1) is 6.04 Å². The Morgan fingerprint density at radius 3 is 1.40 bits per heavy atom. The third-order valence-electron chi connectivity index (χ3n) is 8.18. The van der Waals surface area contributed by atoms with Crippen LogP contribution in [0.4, 0.5) is 0 Å². The SMILES string of the molecule is CC[C@H](C)[C@](C(=O)[C@](C)(O)C(=O)O)(C(=O)[C@](C(=O)[C@H](C)NC)([C@@H](C)CC)N(C)C(=O)[C@@H](C)O)N(C)C(=O)[C@H](C)O. The normalized spacial score (nSPS) is 19.9. The van der Waals surface area contributed by atoms with E-state index < -0.39 is 81.9 Å². The van der Waals surface area contributed by atoms with Crippen molar-refractivity contribution in [2.45, 2.75) is 103 Å². The lowest BCUT2D eigenvalue weighted by molar-refractivity contribution is -0.182. The van der Waals surface area contributed by atoms with Gasteiger partial charge in [-0.1, -0.05) is 40.5 Å². The number of ketones is 3. The topological polar surface area (TPSA) is 202 Å². The van der Waals surface area contributed by atoms with Crippen molar-refractivity contribution in [3.63, 3.8) is 0 Å². The number of aliphatic hydroxyl groups is 3. The van der Waals surface area contributed by atoms with E-state index in [9.17, 15) is 44.4 Å². The van der Waals surface area contributed by atoms with Gasteiger partial charge in [-0.15, -0.1) is 0 Å². The van der Waals surface area contributed by atoms with E-state index >= 15 is 4.79 Å². The molecule has 2 amide bonds. The molecule has 0 radical (unpaired) electrons. The number of hydrogen-bond acceptors (Lipinski definition) is 10. The molecule has 0 aliphatic rings. The number of carbonyl (C=O) groups is 6. The second-order valence-electron chi connectivity index (χ2n) is 10.7. The molecule has 0 fully saturated rings. The van der Waals surface area contributed by atoms with E-state index in [-0.39, 0.29) is 12.8 Å². The van der Waals surface area contributed by atoms with Crippen molar-refractivity contribution in [2.75, 3.05) is 21.1 Å². The van der Waals surface area contributed by atoms with Gasteiger partial charge in [-0.25, -0.2) is 4.79 Å². The van der Waals surface area contributed by atoms with Crippen LogP contribution in [0.3, 0.4) is 0 Å². The molecule has 0 spiro atoms. The molecule has 0 aromatic heterocycles. The van der Waals surface area contributed by atoms with Crippen LogP contribution in [0.15, 0.2) is 0 Å². The molecule has 0 unspecified atom stereocenters. The molecular weight excluding hydrogens is 526 g/mol. The summed E-state index contributed by atoms with van der Waals surface area (Å²) in [4.78, 5) is 83.8. The number of nitrogens with zero attached hydrogens (tertiary/aromatic N) is 2. The number of carboxylic acid groups (broad SMARTS) is 1. The number of aliphatic carboxylic acids is 1. The van der Waals surface area contributed by atoms with Crippen LogP contribution in [0.5, 0.6) is 0 Å². The van der Waals surface area contributed by atoms with Crippen molar-refractivity contribution in [3.05, 3.63) is 0 Å². The molecule has 0 aromatic carbocycles.